The largest absolute Gasteiger partial charge is 0.497 e. The molecule has 0 atom stereocenters. The van der Waals surface area contributed by atoms with Crippen molar-refractivity contribution >= 4 is 34.1 Å². The smallest absolute Gasteiger partial charge is 0.295 e. The van der Waals surface area contributed by atoms with Crippen molar-refractivity contribution in [3.05, 3.63) is 53.1 Å². The van der Waals surface area contributed by atoms with E-state index >= 15 is 0 Å². The lowest BCUT2D eigenvalue weighted by Crippen LogP contribution is -2.37. The fourth-order valence-electron chi connectivity index (χ4n) is 3.37. The number of hydrogen-bond acceptors (Lipinski definition) is 6. The van der Waals surface area contributed by atoms with Gasteiger partial charge in [-0.3, -0.25) is 14.3 Å². The molecule has 4 rings (SSSR count). The third kappa shape index (κ3) is 4.16. The summed E-state index contributed by atoms with van der Waals surface area (Å²) in [5.74, 6) is 0.0557. The number of carbonyl (C=O) groups excluding carboxylic acids is 1. The highest BCUT2D eigenvalue weighted by molar-refractivity contribution is 6.31. The van der Waals surface area contributed by atoms with Gasteiger partial charge in [-0.1, -0.05) is 11.6 Å². The number of methoxy groups -OCH3 is 1. The van der Waals surface area contributed by atoms with E-state index in [9.17, 15) is 9.90 Å². The van der Waals surface area contributed by atoms with Crippen molar-refractivity contribution in [2.45, 2.75) is 6.67 Å². The van der Waals surface area contributed by atoms with Gasteiger partial charge >= 0.3 is 0 Å². The van der Waals surface area contributed by atoms with Crippen LogP contribution in [0.25, 0.3) is 10.9 Å². The fourth-order valence-corrected chi connectivity index (χ4v) is 3.54. The highest BCUT2D eigenvalue weighted by Crippen LogP contribution is 2.40. The van der Waals surface area contributed by atoms with Gasteiger partial charge < -0.3 is 14.6 Å². The first kappa shape index (κ1) is 20.3. The van der Waals surface area contributed by atoms with Crippen molar-refractivity contribution in [2.75, 3.05) is 33.4 Å². The molecule has 1 N–H and O–H groups in total. The number of halogens is 1. The maximum absolute atomic E-state index is 12.4. The van der Waals surface area contributed by atoms with Crippen LogP contribution < -0.4 is 4.74 Å². The molecular weight excluding hydrogens is 408 g/mol. The Morgan fingerprint density at radius 1 is 1.20 bits per heavy atom. The molecule has 8 nitrogen and oxygen atoms in total. The van der Waals surface area contributed by atoms with E-state index in [2.05, 4.69) is 15.1 Å². The number of aromatic nitrogens is 1. The molecule has 1 aliphatic heterocycles. The molecule has 0 radical (unpaired) electrons. The van der Waals surface area contributed by atoms with Crippen molar-refractivity contribution in [3.63, 3.8) is 0 Å². The van der Waals surface area contributed by atoms with Crippen LogP contribution in [0.5, 0.6) is 11.6 Å². The monoisotopic (exact) mass is 428 g/mol. The minimum atomic E-state index is -0.520. The topological polar surface area (TPSA) is 88.7 Å². The number of ether oxygens (including phenoxy) is 2. The molecule has 2 aromatic carbocycles. The average molecular weight is 429 g/mol. The highest BCUT2D eigenvalue weighted by atomic mass is 35.5. The lowest BCUT2D eigenvalue weighted by atomic mass is 10.2. The molecule has 1 amide bonds. The van der Waals surface area contributed by atoms with Crippen LogP contribution >= 0.6 is 11.6 Å². The molecule has 0 bridgehead atoms. The lowest BCUT2D eigenvalue weighted by molar-refractivity contribution is 0.0231. The van der Waals surface area contributed by atoms with Gasteiger partial charge in [0.25, 0.3) is 5.91 Å². The Kier molecular flexibility index (Phi) is 5.98. The van der Waals surface area contributed by atoms with Gasteiger partial charge in [0, 0.05) is 29.1 Å². The summed E-state index contributed by atoms with van der Waals surface area (Å²) in [5, 5.41) is 19.9. The van der Waals surface area contributed by atoms with E-state index in [1.54, 1.807) is 48.1 Å². The second kappa shape index (κ2) is 8.83. The maximum atomic E-state index is 12.4. The SMILES string of the molecule is COc1ccc(C(=O)N=Nc2c(O)n(CN3CCOCC3)c3ccc(Cl)cc23)cc1. The molecule has 30 heavy (non-hydrogen) atoms. The second-order valence-electron chi connectivity index (χ2n) is 6.87. The number of azo groups is 1. The number of nitrogens with zero attached hydrogens (tertiary/aromatic N) is 4. The van der Waals surface area contributed by atoms with Gasteiger partial charge in [-0.05, 0) is 42.5 Å². The standard InChI is InChI=1S/C21H21ClN4O4/c1-29-16-5-2-14(3-6-16)20(27)24-23-19-17-12-15(22)4-7-18(17)26(21(19)28)13-25-8-10-30-11-9-25/h2-7,12,28H,8-11,13H2,1H3. The van der Waals surface area contributed by atoms with Crippen molar-refractivity contribution < 1.29 is 19.4 Å². The molecule has 0 unspecified atom stereocenters. The van der Waals surface area contributed by atoms with Gasteiger partial charge in [0.2, 0.25) is 5.88 Å². The zero-order valence-corrected chi connectivity index (χ0v) is 17.2. The molecular formula is C21H21ClN4O4. The van der Waals surface area contributed by atoms with Crippen molar-refractivity contribution in [3.8, 4) is 11.6 Å². The molecule has 1 saturated heterocycles. The summed E-state index contributed by atoms with van der Waals surface area (Å²) in [7, 11) is 1.55. The van der Waals surface area contributed by atoms with E-state index in [-0.39, 0.29) is 11.6 Å². The van der Waals surface area contributed by atoms with Gasteiger partial charge in [0.05, 0.1) is 32.5 Å². The first-order valence-electron chi connectivity index (χ1n) is 9.48. The van der Waals surface area contributed by atoms with Crippen LogP contribution in [-0.2, 0) is 11.4 Å². The molecule has 9 heteroatoms. The Morgan fingerprint density at radius 2 is 1.93 bits per heavy atom. The normalized spacial score (nSPS) is 15.1. The number of benzene rings is 2. The summed E-state index contributed by atoms with van der Waals surface area (Å²) in [5.41, 5.74) is 1.34. The summed E-state index contributed by atoms with van der Waals surface area (Å²) >= 11 is 6.16. The van der Waals surface area contributed by atoms with Crippen LogP contribution in [-0.4, -0.2) is 53.9 Å². The van der Waals surface area contributed by atoms with E-state index in [1.165, 1.54) is 0 Å². The van der Waals surface area contributed by atoms with Gasteiger partial charge in [0.1, 0.15) is 5.75 Å². The van der Waals surface area contributed by atoms with Crippen LogP contribution in [0.3, 0.4) is 0 Å². The van der Waals surface area contributed by atoms with Crippen LogP contribution in [0.2, 0.25) is 5.02 Å². The lowest BCUT2D eigenvalue weighted by Gasteiger charge is -2.27. The summed E-state index contributed by atoms with van der Waals surface area (Å²) in [6.07, 6.45) is 0. The quantitative estimate of drug-likeness (QED) is 0.614. The van der Waals surface area contributed by atoms with E-state index in [0.717, 1.165) is 18.6 Å². The molecule has 0 aliphatic carbocycles. The number of hydrogen-bond donors (Lipinski definition) is 1. The van der Waals surface area contributed by atoms with Crippen LogP contribution in [0.4, 0.5) is 5.69 Å². The molecule has 3 aromatic rings. The van der Waals surface area contributed by atoms with Crippen LogP contribution in [0.15, 0.2) is 52.7 Å². The Morgan fingerprint density at radius 3 is 2.63 bits per heavy atom. The van der Waals surface area contributed by atoms with Crippen molar-refractivity contribution in [2.24, 2.45) is 10.2 Å². The molecule has 0 saturated carbocycles. The number of aromatic hydroxyl groups is 1. The third-order valence-corrected chi connectivity index (χ3v) is 5.23. The zero-order valence-electron chi connectivity index (χ0n) is 16.4. The zero-order chi connectivity index (χ0) is 21.1. The molecule has 1 fully saturated rings. The fraction of sp³-hybridized carbons (Fsp3) is 0.286. The van der Waals surface area contributed by atoms with Crippen LogP contribution in [0, 0.1) is 0 Å². The number of fused-ring (bicyclic) bond motifs is 1. The predicted molar refractivity (Wildman–Crippen MR) is 113 cm³/mol. The summed E-state index contributed by atoms with van der Waals surface area (Å²) in [4.78, 5) is 14.6. The van der Waals surface area contributed by atoms with E-state index in [0.29, 0.717) is 41.6 Å². The third-order valence-electron chi connectivity index (χ3n) is 4.99. The molecule has 156 valence electrons. The minimum absolute atomic E-state index is 0.0648. The van der Waals surface area contributed by atoms with Gasteiger partial charge in [0.15, 0.2) is 5.69 Å². The van der Waals surface area contributed by atoms with E-state index < -0.39 is 5.91 Å². The number of carbonyl (C=O) groups is 1. The maximum Gasteiger partial charge on any atom is 0.295 e. The first-order chi connectivity index (χ1) is 14.6. The summed E-state index contributed by atoms with van der Waals surface area (Å²) < 4.78 is 12.2. The van der Waals surface area contributed by atoms with E-state index in [1.807, 2.05) is 6.07 Å². The number of rotatable bonds is 5. The first-order valence-corrected chi connectivity index (χ1v) is 9.85. The van der Waals surface area contributed by atoms with Gasteiger partial charge in [-0.15, -0.1) is 10.2 Å². The highest BCUT2D eigenvalue weighted by Gasteiger charge is 2.20. The molecule has 0 spiro atoms. The summed E-state index contributed by atoms with van der Waals surface area (Å²) in [6, 6.07) is 11.9. The Balaban J connectivity index is 1.66. The Bertz CT molecular complexity index is 1090. The van der Waals surface area contributed by atoms with Crippen LogP contribution in [0.1, 0.15) is 10.4 Å². The molecule has 2 heterocycles. The summed E-state index contributed by atoms with van der Waals surface area (Å²) in [6.45, 7) is 3.29. The minimum Gasteiger partial charge on any atom is -0.497 e. The second-order valence-corrected chi connectivity index (χ2v) is 7.30. The van der Waals surface area contributed by atoms with Crippen molar-refractivity contribution in [1.82, 2.24) is 9.47 Å². The predicted octanol–water partition coefficient (Wildman–Crippen LogP) is 4.22. The number of morpholine rings is 1. The average Bonchev–Trinajstić information content (AvgIpc) is 3.03. The van der Waals surface area contributed by atoms with Crippen molar-refractivity contribution in [1.29, 1.82) is 0 Å². The Hall–Kier alpha value is -2.94. The van der Waals surface area contributed by atoms with E-state index in [4.69, 9.17) is 21.1 Å². The molecule has 1 aliphatic rings. The molecule has 1 aromatic heterocycles. The number of amides is 1. The van der Waals surface area contributed by atoms with Gasteiger partial charge in [-0.2, -0.15) is 0 Å². The van der Waals surface area contributed by atoms with Gasteiger partial charge in [-0.25, -0.2) is 0 Å². The Labute approximate surface area is 178 Å².